The SMILES string of the molecule is CC(C)Oc1ccc(C(=O)NCCCN(C)C)cc1Cl. The number of hydrogen-bond acceptors (Lipinski definition) is 3. The van der Waals surface area contributed by atoms with Gasteiger partial charge in [-0.05, 0) is 59.1 Å². The Labute approximate surface area is 126 Å². The van der Waals surface area contributed by atoms with E-state index in [0.717, 1.165) is 13.0 Å². The first-order valence-corrected chi connectivity index (χ1v) is 7.17. The number of carbonyl (C=O) groups is 1. The maximum atomic E-state index is 12.0. The Bertz CT molecular complexity index is 447. The molecule has 0 radical (unpaired) electrons. The molecule has 1 N–H and O–H groups in total. The van der Waals surface area contributed by atoms with Crippen LogP contribution in [0.25, 0.3) is 0 Å². The van der Waals surface area contributed by atoms with Crippen molar-refractivity contribution in [2.75, 3.05) is 27.2 Å². The zero-order valence-corrected chi connectivity index (χ0v) is 13.3. The van der Waals surface area contributed by atoms with Crippen LogP contribution >= 0.6 is 11.6 Å². The van der Waals surface area contributed by atoms with Gasteiger partial charge in [-0.3, -0.25) is 4.79 Å². The average molecular weight is 299 g/mol. The lowest BCUT2D eigenvalue weighted by atomic mass is 10.2. The molecular formula is C15H23ClN2O2. The number of benzene rings is 1. The minimum atomic E-state index is -0.109. The molecule has 112 valence electrons. The minimum absolute atomic E-state index is 0.0539. The third-order valence-electron chi connectivity index (χ3n) is 2.62. The van der Waals surface area contributed by atoms with Gasteiger partial charge >= 0.3 is 0 Å². The second-order valence-electron chi connectivity index (χ2n) is 5.22. The van der Waals surface area contributed by atoms with Gasteiger partial charge in [-0.1, -0.05) is 11.6 Å². The van der Waals surface area contributed by atoms with Crippen molar-refractivity contribution in [3.05, 3.63) is 28.8 Å². The highest BCUT2D eigenvalue weighted by molar-refractivity contribution is 6.32. The van der Waals surface area contributed by atoms with Gasteiger partial charge in [0.1, 0.15) is 5.75 Å². The number of ether oxygens (including phenoxy) is 1. The number of rotatable bonds is 7. The van der Waals surface area contributed by atoms with E-state index in [1.807, 2.05) is 27.9 Å². The van der Waals surface area contributed by atoms with E-state index in [2.05, 4.69) is 10.2 Å². The van der Waals surface area contributed by atoms with Crippen LogP contribution in [0.5, 0.6) is 5.75 Å². The highest BCUT2D eigenvalue weighted by Gasteiger charge is 2.10. The lowest BCUT2D eigenvalue weighted by Crippen LogP contribution is -2.27. The lowest BCUT2D eigenvalue weighted by Gasteiger charge is -2.13. The fourth-order valence-corrected chi connectivity index (χ4v) is 1.92. The van der Waals surface area contributed by atoms with E-state index in [0.29, 0.717) is 22.9 Å². The van der Waals surface area contributed by atoms with E-state index in [4.69, 9.17) is 16.3 Å². The van der Waals surface area contributed by atoms with Crippen molar-refractivity contribution in [1.82, 2.24) is 10.2 Å². The fourth-order valence-electron chi connectivity index (χ4n) is 1.69. The van der Waals surface area contributed by atoms with Gasteiger partial charge in [-0.15, -0.1) is 0 Å². The molecular weight excluding hydrogens is 276 g/mol. The van der Waals surface area contributed by atoms with Gasteiger partial charge in [0.2, 0.25) is 0 Å². The Morgan fingerprint density at radius 2 is 2.10 bits per heavy atom. The molecule has 0 saturated heterocycles. The van der Waals surface area contributed by atoms with Gasteiger partial charge in [-0.2, -0.15) is 0 Å². The van der Waals surface area contributed by atoms with Gasteiger partial charge in [0.05, 0.1) is 11.1 Å². The summed E-state index contributed by atoms with van der Waals surface area (Å²) in [7, 11) is 4.02. The van der Waals surface area contributed by atoms with E-state index >= 15 is 0 Å². The smallest absolute Gasteiger partial charge is 0.251 e. The molecule has 5 heteroatoms. The van der Waals surface area contributed by atoms with Crippen LogP contribution in [0.4, 0.5) is 0 Å². The molecule has 0 bridgehead atoms. The van der Waals surface area contributed by atoms with Crippen molar-refractivity contribution in [3.63, 3.8) is 0 Å². The second kappa shape index (κ2) is 8.12. The Kier molecular flexibility index (Phi) is 6.82. The summed E-state index contributed by atoms with van der Waals surface area (Å²) >= 11 is 6.11. The van der Waals surface area contributed by atoms with Gasteiger partial charge in [-0.25, -0.2) is 0 Å². The predicted octanol–water partition coefficient (Wildman–Crippen LogP) is 2.81. The monoisotopic (exact) mass is 298 g/mol. The summed E-state index contributed by atoms with van der Waals surface area (Å²) in [5, 5.41) is 3.33. The van der Waals surface area contributed by atoms with E-state index in [9.17, 15) is 4.79 Å². The molecule has 0 unspecified atom stereocenters. The molecule has 0 aliphatic heterocycles. The van der Waals surface area contributed by atoms with E-state index in [1.165, 1.54) is 0 Å². The van der Waals surface area contributed by atoms with Crippen molar-refractivity contribution in [2.45, 2.75) is 26.4 Å². The van der Waals surface area contributed by atoms with Crippen LogP contribution in [0.15, 0.2) is 18.2 Å². The number of hydrogen-bond donors (Lipinski definition) is 1. The molecule has 0 heterocycles. The molecule has 1 aromatic rings. The van der Waals surface area contributed by atoms with E-state index in [1.54, 1.807) is 18.2 Å². The Hall–Kier alpha value is -1.26. The van der Waals surface area contributed by atoms with Crippen molar-refractivity contribution in [1.29, 1.82) is 0 Å². The number of amides is 1. The van der Waals surface area contributed by atoms with E-state index in [-0.39, 0.29) is 12.0 Å². The molecule has 0 spiro atoms. The number of nitrogens with one attached hydrogen (secondary N) is 1. The van der Waals surface area contributed by atoms with Crippen LogP contribution in [0.1, 0.15) is 30.6 Å². The number of halogens is 1. The molecule has 1 rings (SSSR count). The third-order valence-corrected chi connectivity index (χ3v) is 2.92. The topological polar surface area (TPSA) is 41.6 Å². The maximum Gasteiger partial charge on any atom is 0.251 e. The highest BCUT2D eigenvalue weighted by Crippen LogP contribution is 2.26. The summed E-state index contributed by atoms with van der Waals surface area (Å²) < 4.78 is 5.54. The van der Waals surface area contributed by atoms with Crippen molar-refractivity contribution < 1.29 is 9.53 Å². The van der Waals surface area contributed by atoms with Crippen molar-refractivity contribution >= 4 is 17.5 Å². The first-order valence-electron chi connectivity index (χ1n) is 6.79. The summed E-state index contributed by atoms with van der Waals surface area (Å²) in [6.45, 7) is 5.46. The van der Waals surface area contributed by atoms with Crippen molar-refractivity contribution in [3.8, 4) is 5.75 Å². The Morgan fingerprint density at radius 1 is 1.40 bits per heavy atom. The van der Waals surface area contributed by atoms with Crippen LogP contribution < -0.4 is 10.1 Å². The molecule has 0 aliphatic carbocycles. The van der Waals surface area contributed by atoms with Gasteiger partial charge in [0.25, 0.3) is 5.91 Å². The normalized spacial score (nSPS) is 10.9. The molecule has 0 aromatic heterocycles. The zero-order chi connectivity index (χ0) is 15.1. The summed E-state index contributed by atoms with van der Waals surface area (Å²) in [5.74, 6) is 0.493. The molecule has 1 aromatic carbocycles. The summed E-state index contributed by atoms with van der Waals surface area (Å²) in [6, 6.07) is 5.10. The van der Waals surface area contributed by atoms with Gasteiger partial charge in [0.15, 0.2) is 0 Å². The largest absolute Gasteiger partial charge is 0.489 e. The maximum absolute atomic E-state index is 12.0. The summed E-state index contributed by atoms with van der Waals surface area (Å²) in [4.78, 5) is 14.0. The molecule has 20 heavy (non-hydrogen) atoms. The van der Waals surface area contributed by atoms with Crippen LogP contribution in [0.3, 0.4) is 0 Å². The minimum Gasteiger partial charge on any atom is -0.489 e. The Balaban J connectivity index is 2.54. The second-order valence-corrected chi connectivity index (χ2v) is 5.63. The highest BCUT2D eigenvalue weighted by atomic mass is 35.5. The predicted molar refractivity (Wildman–Crippen MR) is 82.7 cm³/mol. The van der Waals surface area contributed by atoms with Crippen LogP contribution in [-0.2, 0) is 0 Å². The van der Waals surface area contributed by atoms with Crippen LogP contribution in [0, 0.1) is 0 Å². The van der Waals surface area contributed by atoms with Crippen molar-refractivity contribution in [2.24, 2.45) is 0 Å². The fraction of sp³-hybridized carbons (Fsp3) is 0.533. The lowest BCUT2D eigenvalue weighted by molar-refractivity contribution is 0.0952. The molecule has 0 atom stereocenters. The first-order chi connectivity index (χ1) is 9.40. The zero-order valence-electron chi connectivity index (χ0n) is 12.6. The standard InChI is InChI=1S/C15H23ClN2O2/c1-11(2)20-14-7-6-12(10-13(14)16)15(19)17-8-5-9-18(3)4/h6-7,10-11H,5,8-9H2,1-4H3,(H,17,19). The molecule has 1 amide bonds. The number of carbonyl (C=O) groups excluding carboxylic acids is 1. The Morgan fingerprint density at radius 3 is 2.65 bits per heavy atom. The van der Waals surface area contributed by atoms with E-state index < -0.39 is 0 Å². The molecule has 0 fully saturated rings. The summed E-state index contributed by atoms with van der Waals surface area (Å²) in [6.07, 6.45) is 0.972. The third kappa shape index (κ3) is 5.80. The van der Waals surface area contributed by atoms with Crippen LogP contribution in [-0.4, -0.2) is 44.1 Å². The summed E-state index contributed by atoms with van der Waals surface area (Å²) in [5.41, 5.74) is 0.552. The first kappa shape index (κ1) is 16.8. The van der Waals surface area contributed by atoms with Crippen LogP contribution in [0.2, 0.25) is 5.02 Å². The van der Waals surface area contributed by atoms with Gasteiger partial charge in [0, 0.05) is 12.1 Å². The number of nitrogens with zero attached hydrogens (tertiary/aromatic N) is 1. The molecule has 0 aliphatic rings. The van der Waals surface area contributed by atoms with Gasteiger partial charge < -0.3 is 15.0 Å². The molecule has 4 nitrogen and oxygen atoms in total. The average Bonchev–Trinajstić information content (AvgIpc) is 2.36. The quantitative estimate of drug-likeness (QED) is 0.787. The molecule has 0 saturated carbocycles.